The zero-order valence-corrected chi connectivity index (χ0v) is 19.0. The summed E-state index contributed by atoms with van der Waals surface area (Å²) in [6.45, 7) is 4.77. The van der Waals surface area contributed by atoms with E-state index in [2.05, 4.69) is 20.9 Å². The summed E-state index contributed by atoms with van der Waals surface area (Å²) in [5.41, 5.74) is 16.1. The zero-order valence-electron chi connectivity index (χ0n) is 19.0. The minimum absolute atomic E-state index is 0.0953. The van der Waals surface area contributed by atoms with E-state index in [-0.39, 0.29) is 25.3 Å². The van der Waals surface area contributed by atoms with Gasteiger partial charge in [-0.1, -0.05) is 13.8 Å². The van der Waals surface area contributed by atoms with E-state index in [1.54, 1.807) is 13.8 Å². The minimum atomic E-state index is -1.35. The zero-order chi connectivity index (χ0) is 25.7. The highest BCUT2D eigenvalue weighted by atomic mass is 16.4. The van der Waals surface area contributed by atoms with Crippen LogP contribution >= 0.6 is 0 Å². The number of carbonyl (C=O) groups excluding carboxylic acids is 3. The van der Waals surface area contributed by atoms with E-state index in [9.17, 15) is 29.1 Å². The van der Waals surface area contributed by atoms with Crippen molar-refractivity contribution in [3.05, 3.63) is 0 Å². The van der Waals surface area contributed by atoms with Crippen LogP contribution in [0.15, 0.2) is 4.99 Å². The summed E-state index contributed by atoms with van der Waals surface area (Å²) in [4.78, 5) is 63.7. The Bertz CT molecular complexity index is 736. The third kappa shape index (κ3) is 12.3. The summed E-state index contributed by atoms with van der Waals surface area (Å²) >= 11 is 0. The molecular formula is C19H35N7O7. The second-order valence-electron chi connectivity index (χ2n) is 7.86. The molecule has 4 unspecified atom stereocenters. The molecule has 0 fully saturated rings. The molecule has 0 bridgehead atoms. The first-order valence-corrected chi connectivity index (χ1v) is 10.4. The van der Waals surface area contributed by atoms with Crippen molar-refractivity contribution in [3.8, 4) is 0 Å². The summed E-state index contributed by atoms with van der Waals surface area (Å²) in [5.74, 6) is -5.33. The summed E-state index contributed by atoms with van der Waals surface area (Å²) in [7, 11) is 0. The van der Waals surface area contributed by atoms with Crippen LogP contribution in [0.1, 0.15) is 46.5 Å². The van der Waals surface area contributed by atoms with Crippen LogP contribution in [0.25, 0.3) is 0 Å². The van der Waals surface area contributed by atoms with E-state index in [1.807, 2.05) is 0 Å². The van der Waals surface area contributed by atoms with Crippen LogP contribution < -0.4 is 33.2 Å². The number of guanidine groups is 1. The van der Waals surface area contributed by atoms with Gasteiger partial charge in [-0.25, -0.2) is 4.79 Å². The van der Waals surface area contributed by atoms with E-state index in [0.29, 0.717) is 6.42 Å². The van der Waals surface area contributed by atoms with Crippen LogP contribution in [0.4, 0.5) is 0 Å². The number of carboxylic acids is 2. The lowest BCUT2D eigenvalue weighted by Crippen LogP contribution is -2.57. The highest BCUT2D eigenvalue weighted by molar-refractivity contribution is 5.94. The van der Waals surface area contributed by atoms with Crippen LogP contribution in [0.2, 0.25) is 0 Å². The predicted molar refractivity (Wildman–Crippen MR) is 119 cm³/mol. The Morgan fingerprint density at radius 1 is 0.848 bits per heavy atom. The summed E-state index contributed by atoms with van der Waals surface area (Å²) in [6, 6.07) is -4.61. The standard InChI is InChI=1S/C19H35N7O7/c1-9(2)14(18(32)33)26-17(31)12(6-7-13(27)28)25-16(30)11(24-15(29)10(3)20)5-4-8-23-19(21)22/h9-12,14H,4-8,20H2,1-3H3,(H,24,29)(H,25,30)(H,26,31)(H,27,28)(H,32,33)(H4,21,22,23). The summed E-state index contributed by atoms with van der Waals surface area (Å²) in [5, 5.41) is 25.4. The number of nitrogens with zero attached hydrogens (tertiary/aromatic N) is 1. The number of carbonyl (C=O) groups is 5. The van der Waals surface area contributed by atoms with Gasteiger partial charge >= 0.3 is 11.9 Å². The van der Waals surface area contributed by atoms with E-state index in [0.717, 1.165) is 0 Å². The maximum atomic E-state index is 12.8. The molecule has 0 aliphatic rings. The molecule has 0 aromatic rings. The van der Waals surface area contributed by atoms with Gasteiger partial charge in [0.05, 0.1) is 6.04 Å². The Labute approximate surface area is 191 Å². The van der Waals surface area contributed by atoms with Gasteiger partial charge in [-0.3, -0.25) is 24.2 Å². The molecule has 0 aromatic carbocycles. The molecular weight excluding hydrogens is 438 g/mol. The molecule has 188 valence electrons. The number of amides is 3. The average molecular weight is 474 g/mol. The van der Waals surface area contributed by atoms with Crippen molar-refractivity contribution in [1.82, 2.24) is 16.0 Å². The largest absolute Gasteiger partial charge is 0.481 e. The molecule has 0 aromatic heterocycles. The Morgan fingerprint density at radius 3 is 1.82 bits per heavy atom. The average Bonchev–Trinajstić information content (AvgIpc) is 2.69. The second kappa shape index (κ2) is 14.6. The molecule has 0 rings (SSSR count). The number of aliphatic imine (C=N–C) groups is 1. The molecule has 0 saturated carbocycles. The number of nitrogens with two attached hydrogens (primary N) is 3. The maximum absolute atomic E-state index is 12.8. The number of carboxylic acid groups (broad SMARTS) is 2. The smallest absolute Gasteiger partial charge is 0.326 e. The van der Waals surface area contributed by atoms with Crippen LogP contribution in [0.3, 0.4) is 0 Å². The van der Waals surface area contributed by atoms with Gasteiger partial charge in [0.25, 0.3) is 0 Å². The minimum Gasteiger partial charge on any atom is -0.481 e. The number of hydrogen-bond acceptors (Lipinski definition) is 7. The monoisotopic (exact) mass is 473 g/mol. The van der Waals surface area contributed by atoms with Crippen LogP contribution in [-0.4, -0.2) is 76.5 Å². The summed E-state index contributed by atoms with van der Waals surface area (Å²) in [6.07, 6.45) is -0.355. The third-order valence-corrected chi connectivity index (χ3v) is 4.50. The van der Waals surface area contributed by atoms with Crippen molar-refractivity contribution < 1.29 is 34.2 Å². The molecule has 0 aliphatic heterocycles. The molecule has 0 aliphatic carbocycles. The fourth-order valence-corrected chi connectivity index (χ4v) is 2.65. The van der Waals surface area contributed by atoms with Gasteiger partial charge in [-0.15, -0.1) is 0 Å². The molecule has 0 radical (unpaired) electrons. The lowest BCUT2D eigenvalue weighted by Gasteiger charge is -2.25. The number of aliphatic carboxylic acids is 2. The Hall–Kier alpha value is -3.42. The van der Waals surface area contributed by atoms with Gasteiger partial charge in [0.15, 0.2) is 5.96 Å². The van der Waals surface area contributed by atoms with E-state index >= 15 is 0 Å². The molecule has 0 heterocycles. The lowest BCUT2D eigenvalue weighted by atomic mass is 10.0. The molecule has 14 heteroatoms. The molecule has 0 spiro atoms. The highest BCUT2D eigenvalue weighted by Gasteiger charge is 2.31. The number of nitrogens with one attached hydrogen (secondary N) is 3. The van der Waals surface area contributed by atoms with E-state index < -0.39 is 66.2 Å². The van der Waals surface area contributed by atoms with Gasteiger partial charge in [-0.05, 0) is 32.1 Å². The summed E-state index contributed by atoms with van der Waals surface area (Å²) < 4.78 is 0. The molecule has 33 heavy (non-hydrogen) atoms. The number of rotatable bonds is 15. The quantitative estimate of drug-likeness (QED) is 0.0701. The Morgan fingerprint density at radius 2 is 1.36 bits per heavy atom. The molecule has 0 saturated heterocycles. The Kier molecular flexibility index (Phi) is 13.1. The topological polar surface area (TPSA) is 252 Å². The van der Waals surface area contributed by atoms with Crippen molar-refractivity contribution in [2.24, 2.45) is 28.1 Å². The Balaban J connectivity index is 5.53. The molecule has 11 N–H and O–H groups in total. The van der Waals surface area contributed by atoms with Crippen LogP contribution in [0, 0.1) is 5.92 Å². The van der Waals surface area contributed by atoms with Crippen LogP contribution in [-0.2, 0) is 24.0 Å². The maximum Gasteiger partial charge on any atom is 0.326 e. The van der Waals surface area contributed by atoms with Gasteiger partial charge < -0.3 is 43.4 Å². The van der Waals surface area contributed by atoms with E-state index in [1.165, 1.54) is 6.92 Å². The predicted octanol–water partition coefficient (Wildman–Crippen LogP) is -2.55. The molecule has 14 nitrogen and oxygen atoms in total. The highest BCUT2D eigenvalue weighted by Crippen LogP contribution is 2.07. The van der Waals surface area contributed by atoms with Gasteiger partial charge in [0.2, 0.25) is 17.7 Å². The number of hydrogen-bond donors (Lipinski definition) is 8. The second-order valence-corrected chi connectivity index (χ2v) is 7.86. The lowest BCUT2D eigenvalue weighted by molar-refractivity contribution is -0.144. The first kappa shape index (κ1) is 29.6. The van der Waals surface area contributed by atoms with Crippen molar-refractivity contribution in [1.29, 1.82) is 0 Å². The van der Waals surface area contributed by atoms with Gasteiger partial charge in [0.1, 0.15) is 18.1 Å². The van der Waals surface area contributed by atoms with Gasteiger partial charge in [-0.2, -0.15) is 0 Å². The van der Waals surface area contributed by atoms with Crippen molar-refractivity contribution in [2.75, 3.05) is 6.54 Å². The normalized spacial score (nSPS) is 14.3. The first-order valence-electron chi connectivity index (χ1n) is 10.4. The molecule has 3 amide bonds. The molecule has 4 atom stereocenters. The van der Waals surface area contributed by atoms with Crippen LogP contribution in [0.5, 0.6) is 0 Å². The van der Waals surface area contributed by atoms with E-state index in [4.69, 9.17) is 22.3 Å². The third-order valence-electron chi connectivity index (χ3n) is 4.50. The van der Waals surface area contributed by atoms with Crippen molar-refractivity contribution in [2.45, 2.75) is 70.6 Å². The van der Waals surface area contributed by atoms with Gasteiger partial charge in [0, 0.05) is 13.0 Å². The fourth-order valence-electron chi connectivity index (χ4n) is 2.65. The van der Waals surface area contributed by atoms with Crippen molar-refractivity contribution in [3.63, 3.8) is 0 Å². The SMILES string of the molecule is CC(N)C(=O)NC(CCCN=C(N)N)C(=O)NC(CCC(=O)O)C(=O)NC(C(=O)O)C(C)C. The van der Waals surface area contributed by atoms with Crippen molar-refractivity contribution >= 4 is 35.6 Å². The first-order chi connectivity index (χ1) is 15.3. The fraction of sp³-hybridized carbons (Fsp3) is 0.684.